The van der Waals surface area contributed by atoms with Gasteiger partial charge in [0.25, 0.3) is 0 Å². The van der Waals surface area contributed by atoms with E-state index in [2.05, 4.69) is 40.0 Å². The maximum atomic E-state index is 12.3. The van der Waals surface area contributed by atoms with Crippen LogP contribution in [0.25, 0.3) is 11.0 Å². The molecule has 8 nitrogen and oxygen atoms in total. The number of anilines is 4. The molecule has 0 spiro atoms. The molecule has 0 radical (unpaired) electrons. The zero-order chi connectivity index (χ0) is 25.9. The highest BCUT2D eigenvalue weighted by Gasteiger charge is 2.21. The number of benzene rings is 2. The van der Waals surface area contributed by atoms with E-state index in [0.29, 0.717) is 23.3 Å². The Balaban J connectivity index is 1.52. The normalized spacial score (nSPS) is 15.2. The van der Waals surface area contributed by atoms with Gasteiger partial charge in [0.1, 0.15) is 17.2 Å². The Labute approximate surface area is 220 Å². The minimum Gasteiger partial charge on any atom is -0.489 e. The number of aromatic nitrogens is 3. The van der Waals surface area contributed by atoms with E-state index >= 15 is 0 Å². The molecule has 2 aromatic carbocycles. The molecule has 2 aromatic heterocycles. The molecular formula is C28H34N6O2S. The number of aryl methyl sites for hydroxylation is 1. The van der Waals surface area contributed by atoms with Gasteiger partial charge in [-0.2, -0.15) is 9.97 Å². The lowest BCUT2D eigenvalue weighted by molar-refractivity contribution is 0.243. The molecule has 1 aliphatic rings. The Bertz CT molecular complexity index is 1430. The average molecular weight is 519 g/mol. The average Bonchev–Trinajstić information content (AvgIpc) is 3.35. The zero-order valence-corrected chi connectivity index (χ0v) is 22.5. The van der Waals surface area contributed by atoms with Gasteiger partial charge in [0, 0.05) is 12.5 Å². The molecule has 0 saturated carbocycles. The van der Waals surface area contributed by atoms with Crippen molar-refractivity contribution in [3.63, 3.8) is 0 Å². The van der Waals surface area contributed by atoms with Gasteiger partial charge in [-0.25, -0.2) is 0 Å². The fourth-order valence-electron chi connectivity index (χ4n) is 4.89. The number of ether oxygens (including phenoxy) is 1. The minimum atomic E-state index is -1.14. The summed E-state index contributed by atoms with van der Waals surface area (Å²) in [5.74, 6) is 2.39. The van der Waals surface area contributed by atoms with Crippen molar-refractivity contribution in [2.24, 2.45) is 0 Å². The molecular weight excluding hydrogens is 484 g/mol. The van der Waals surface area contributed by atoms with Gasteiger partial charge in [-0.1, -0.05) is 12.1 Å². The first-order valence-corrected chi connectivity index (χ1v) is 14.3. The molecule has 5 rings (SSSR count). The first-order chi connectivity index (χ1) is 17.9. The van der Waals surface area contributed by atoms with Gasteiger partial charge in [-0.3, -0.25) is 4.21 Å². The van der Waals surface area contributed by atoms with Crippen molar-refractivity contribution < 1.29 is 8.95 Å². The number of nitrogens with one attached hydrogen (secondary N) is 4. The molecule has 194 valence electrons. The molecule has 1 saturated heterocycles. The number of aromatic amines is 1. The van der Waals surface area contributed by atoms with Crippen LogP contribution in [-0.2, 0) is 10.8 Å². The van der Waals surface area contributed by atoms with Crippen LogP contribution in [0.1, 0.15) is 43.7 Å². The van der Waals surface area contributed by atoms with Crippen LogP contribution in [0.4, 0.5) is 23.1 Å². The number of rotatable bonds is 8. The van der Waals surface area contributed by atoms with E-state index in [-0.39, 0.29) is 6.10 Å². The van der Waals surface area contributed by atoms with E-state index in [4.69, 9.17) is 14.7 Å². The second-order valence-corrected chi connectivity index (χ2v) is 11.1. The topological polar surface area (TPSA) is 104 Å². The number of piperidine rings is 1. The third-order valence-electron chi connectivity index (χ3n) is 6.62. The van der Waals surface area contributed by atoms with E-state index in [0.717, 1.165) is 53.3 Å². The van der Waals surface area contributed by atoms with Gasteiger partial charge in [0.15, 0.2) is 0 Å². The van der Waals surface area contributed by atoms with Crippen molar-refractivity contribution in [1.82, 2.24) is 20.3 Å². The number of hydrogen-bond acceptors (Lipinski definition) is 7. The third-order valence-corrected chi connectivity index (χ3v) is 7.60. The third kappa shape index (κ3) is 5.62. The molecule has 0 amide bonds. The Morgan fingerprint density at radius 3 is 2.59 bits per heavy atom. The highest BCUT2D eigenvalue weighted by molar-refractivity contribution is 7.84. The monoisotopic (exact) mass is 518 g/mol. The van der Waals surface area contributed by atoms with Gasteiger partial charge in [0.05, 0.1) is 38.6 Å². The van der Waals surface area contributed by atoms with E-state index < -0.39 is 10.8 Å². The molecule has 0 aliphatic carbocycles. The molecule has 4 aromatic rings. The predicted octanol–water partition coefficient (Wildman–Crippen LogP) is 5.75. The van der Waals surface area contributed by atoms with Crippen LogP contribution in [0.15, 0.2) is 53.6 Å². The van der Waals surface area contributed by atoms with Crippen molar-refractivity contribution in [2.45, 2.75) is 50.5 Å². The van der Waals surface area contributed by atoms with Gasteiger partial charge in [-0.15, -0.1) is 0 Å². The summed E-state index contributed by atoms with van der Waals surface area (Å²) < 4.78 is 18.5. The summed E-state index contributed by atoms with van der Waals surface area (Å²) in [6.45, 7) is 8.31. The summed E-state index contributed by atoms with van der Waals surface area (Å²) in [5, 5.41) is 11.1. The maximum absolute atomic E-state index is 12.3. The van der Waals surface area contributed by atoms with Crippen molar-refractivity contribution in [2.75, 3.05) is 30.0 Å². The van der Waals surface area contributed by atoms with Crippen LogP contribution < -0.4 is 20.7 Å². The summed E-state index contributed by atoms with van der Waals surface area (Å²) in [7, 11) is -1.14. The highest BCUT2D eigenvalue weighted by atomic mass is 32.2. The number of para-hydroxylation sites is 1. The molecule has 1 atom stereocenters. The van der Waals surface area contributed by atoms with Crippen LogP contribution in [0.5, 0.6) is 5.75 Å². The first kappa shape index (κ1) is 25.2. The number of fused-ring (bicyclic) bond motifs is 1. The Morgan fingerprint density at radius 1 is 1.05 bits per heavy atom. The summed E-state index contributed by atoms with van der Waals surface area (Å²) in [4.78, 5) is 13.4. The Kier molecular flexibility index (Phi) is 7.43. The Hall–Kier alpha value is -3.43. The quantitative estimate of drug-likeness (QED) is 0.236. The predicted molar refractivity (Wildman–Crippen MR) is 151 cm³/mol. The standard InChI is InChI=1S/C28H34N6O2S/c1-17(2)36-24-16-21(19-9-12-29-13-10-19)18(3)15-23(24)32-28-33-26-20(11-14-30-26)27(34-28)31-22-7-5-6-8-25(22)37(4)35/h5-8,11,14-17,19,29H,9-10,12-13H2,1-4H3,(H3,30,31,32,33,34). The number of H-pyrrole nitrogens is 1. The molecule has 1 unspecified atom stereocenters. The van der Waals surface area contributed by atoms with E-state index in [9.17, 15) is 4.21 Å². The fraction of sp³-hybridized carbons (Fsp3) is 0.357. The molecule has 0 bridgehead atoms. The van der Waals surface area contributed by atoms with E-state index in [1.807, 2.05) is 50.4 Å². The Morgan fingerprint density at radius 2 is 1.84 bits per heavy atom. The van der Waals surface area contributed by atoms with E-state index in [1.54, 1.807) is 6.26 Å². The smallest absolute Gasteiger partial charge is 0.231 e. The largest absolute Gasteiger partial charge is 0.489 e. The van der Waals surface area contributed by atoms with E-state index in [1.165, 1.54) is 11.1 Å². The summed E-state index contributed by atoms with van der Waals surface area (Å²) in [6.07, 6.45) is 5.79. The lowest BCUT2D eigenvalue weighted by Crippen LogP contribution is -2.27. The molecule has 4 N–H and O–H groups in total. The summed E-state index contributed by atoms with van der Waals surface area (Å²) >= 11 is 0. The van der Waals surface area contributed by atoms with Gasteiger partial charge < -0.3 is 25.7 Å². The minimum absolute atomic E-state index is 0.0274. The molecule has 37 heavy (non-hydrogen) atoms. The number of hydrogen-bond donors (Lipinski definition) is 4. The highest BCUT2D eigenvalue weighted by Crippen LogP contribution is 2.37. The van der Waals surface area contributed by atoms with Crippen LogP contribution in [-0.4, -0.2) is 44.6 Å². The second-order valence-electron chi connectivity index (χ2n) is 9.73. The molecule has 3 heterocycles. The van der Waals surface area contributed by atoms with Crippen LogP contribution >= 0.6 is 0 Å². The van der Waals surface area contributed by atoms with Gasteiger partial charge >= 0.3 is 0 Å². The van der Waals surface area contributed by atoms with Crippen LogP contribution in [0.2, 0.25) is 0 Å². The first-order valence-electron chi connectivity index (χ1n) is 12.7. The van der Waals surface area contributed by atoms with Gasteiger partial charge in [-0.05, 0) is 94.1 Å². The maximum Gasteiger partial charge on any atom is 0.231 e. The molecule has 1 aliphatic heterocycles. The second kappa shape index (κ2) is 10.9. The zero-order valence-electron chi connectivity index (χ0n) is 21.7. The van der Waals surface area contributed by atoms with Crippen molar-refractivity contribution in [3.8, 4) is 5.75 Å². The van der Waals surface area contributed by atoms with Crippen molar-refractivity contribution in [3.05, 3.63) is 59.8 Å². The SMILES string of the molecule is Cc1cc(Nc2nc(Nc3ccccc3S(C)=O)c3cc[nH]c3n2)c(OC(C)C)cc1C1CCNCC1. The van der Waals surface area contributed by atoms with Crippen molar-refractivity contribution in [1.29, 1.82) is 0 Å². The number of nitrogens with zero attached hydrogens (tertiary/aromatic N) is 2. The fourth-order valence-corrected chi connectivity index (χ4v) is 5.59. The van der Waals surface area contributed by atoms with Crippen molar-refractivity contribution >= 4 is 45.0 Å². The van der Waals surface area contributed by atoms with Crippen LogP contribution in [0, 0.1) is 6.92 Å². The molecule has 1 fully saturated rings. The lowest BCUT2D eigenvalue weighted by atomic mass is 9.87. The van der Waals surface area contributed by atoms with Gasteiger partial charge in [0.2, 0.25) is 5.95 Å². The molecule has 9 heteroatoms. The summed E-state index contributed by atoms with van der Waals surface area (Å²) in [6, 6.07) is 13.8. The van der Waals surface area contributed by atoms with Crippen LogP contribution in [0.3, 0.4) is 0 Å². The summed E-state index contributed by atoms with van der Waals surface area (Å²) in [5.41, 5.74) is 4.85. The lowest BCUT2D eigenvalue weighted by Gasteiger charge is -2.26.